The Kier molecular flexibility index (Phi) is 4.97. The Hall–Kier alpha value is -2.84. The van der Waals surface area contributed by atoms with E-state index in [2.05, 4.69) is 9.71 Å². The zero-order chi connectivity index (χ0) is 18.7. The van der Waals surface area contributed by atoms with E-state index in [1.54, 1.807) is 6.20 Å². The molecule has 3 rings (SSSR count). The number of carbonyl (C=O) groups is 1. The molecular formula is C18H19N3O4S. The van der Waals surface area contributed by atoms with Crippen LogP contribution >= 0.6 is 0 Å². The first-order chi connectivity index (χ1) is 12.4. The van der Waals surface area contributed by atoms with Crippen LogP contribution in [0.3, 0.4) is 0 Å². The largest absolute Gasteiger partial charge is 0.468 e. The summed E-state index contributed by atoms with van der Waals surface area (Å²) in [6.45, 7) is 0. The minimum absolute atomic E-state index is 0.0273. The van der Waals surface area contributed by atoms with Crippen molar-refractivity contribution in [2.75, 3.05) is 12.8 Å². The number of H-pyrrole nitrogens is 1. The Morgan fingerprint density at radius 2 is 1.88 bits per heavy atom. The van der Waals surface area contributed by atoms with Gasteiger partial charge in [0.05, 0.1) is 12.0 Å². The van der Waals surface area contributed by atoms with Crippen molar-refractivity contribution in [3.8, 4) is 0 Å². The molecule has 4 N–H and O–H groups in total. The number of fused-ring (bicyclic) bond motifs is 1. The predicted octanol–water partition coefficient (Wildman–Crippen LogP) is 1.81. The molecule has 1 atom stereocenters. The van der Waals surface area contributed by atoms with E-state index >= 15 is 0 Å². The molecule has 2 aromatic carbocycles. The summed E-state index contributed by atoms with van der Waals surface area (Å²) >= 11 is 0. The van der Waals surface area contributed by atoms with E-state index in [1.807, 2.05) is 24.3 Å². The summed E-state index contributed by atoms with van der Waals surface area (Å²) in [4.78, 5) is 15.3. The van der Waals surface area contributed by atoms with Crippen molar-refractivity contribution < 1.29 is 17.9 Å². The van der Waals surface area contributed by atoms with Crippen LogP contribution in [0.2, 0.25) is 0 Å². The maximum atomic E-state index is 12.6. The lowest BCUT2D eigenvalue weighted by atomic mass is 10.1. The number of sulfonamides is 1. The number of nitrogens with one attached hydrogen (secondary N) is 2. The van der Waals surface area contributed by atoms with Crippen LogP contribution in [0.4, 0.5) is 5.69 Å². The number of carbonyl (C=O) groups excluding carboxylic acids is 1. The van der Waals surface area contributed by atoms with Gasteiger partial charge in [0.15, 0.2) is 0 Å². The fourth-order valence-electron chi connectivity index (χ4n) is 2.74. The van der Waals surface area contributed by atoms with Crippen molar-refractivity contribution in [2.24, 2.45) is 0 Å². The Balaban J connectivity index is 1.89. The SMILES string of the molecule is COC(=O)[C@@H](Cc1c[nH]c2ccccc12)NS(=O)(=O)c1ccc(N)cc1. The number of aromatic nitrogens is 1. The number of hydrogen-bond donors (Lipinski definition) is 3. The molecule has 7 nitrogen and oxygen atoms in total. The highest BCUT2D eigenvalue weighted by atomic mass is 32.2. The lowest BCUT2D eigenvalue weighted by Crippen LogP contribution is -2.42. The van der Waals surface area contributed by atoms with Gasteiger partial charge in [-0.1, -0.05) is 18.2 Å². The standard InChI is InChI=1S/C18H19N3O4S/c1-25-18(22)17(10-12-11-20-16-5-3-2-4-15(12)16)21-26(23,24)14-8-6-13(19)7-9-14/h2-9,11,17,20-21H,10,19H2,1H3/t17-/m1/s1. The first kappa shape index (κ1) is 18.0. The fraction of sp³-hybridized carbons (Fsp3) is 0.167. The maximum Gasteiger partial charge on any atom is 0.324 e. The molecule has 0 bridgehead atoms. The molecule has 0 amide bonds. The topological polar surface area (TPSA) is 114 Å². The number of esters is 1. The summed E-state index contributed by atoms with van der Waals surface area (Å²) in [5.74, 6) is -0.658. The van der Waals surface area contributed by atoms with E-state index in [1.165, 1.54) is 31.4 Å². The van der Waals surface area contributed by atoms with Gasteiger partial charge in [-0.2, -0.15) is 4.72 Å². The molecule has 0 fully saturated rings. The number of nitrogens with two attached hydrogens (primary N) is 1. The molecule has 0 spiro atoms. The highest BCUT2D eigenvalue weighted by Crippen LogP contribution is 2.20. The third-order valence-corrected chi connectivity index (χ3v) is 5.56. The minimum Gasteiger partial charge on any atom is -0.468 e. The molecule has 0 aliphatic heterocycles. The molecule has 0 aliphatic carbocycles. The molecule has 0 radical (unpaired) electrons. The van der Waals surface area contributed by atoms with E-state index in [4.69, 9.17) is 10.5 Å². The summed E-state index contributed by atoms with van der Waals surface area (Å²) in [5.41, 5.74) is 7.77. The molecule has 0 saturated heterocycles. The van der Waals surface area contributed by atoms with Gasteiger partial charge in [-0.25, -0.2) is 8.42 Å². The molecule has 3 aromatic rings. The van der Waals surface area contributed by atoms with Gasteiger partial charge in [-0.15, -0.1) is 0 Å². The van der Waals surface area contributed by atoms with Crippen LogP contribution in [-0.4, -0.2) is 32.5 Å². The molecule has 0 aliphatic rings. The van der Waals surface area contributed by atoms with Crippen molar-refractivity contribution in [3.05, 3.63) is 60.3 Å². The van der Waals surface area contributed by atoms with Gasteiger partial charge in [-0.05, 0) is 35.9 Å². The summed E-state index contributed by atoms with van der Waals surface area (Å²) in [6.07, 6.45) is 1.92. The van der Waals surface area contributed by atoms with E-state index in [9.17, 15) is 13.2 Å². The Morgan fingerprint density at radius 1 is 1.19 bits per heavy atom. The Labute approximate surface area is 151 Å². The van der Waals surface area contributed by atoms with Gasteiger partial charge in [0, 0.05) is 29.2 Å². The van der Waals surface area contributed by atoms with Crippen molar-refractivity contribution in [2.45, 2.75) is 17.4 Å². The van der Waals surface area contributed by atoms with Crippen LogP contribution in [0, 0.1) is 0 Å². The second-order valence-electron chi connectivity index (χ2n) is 5.83. The Bertz CT molecular complexity index is 1030. The summed E-state index contributed by atoms with van der Waals surface area (Å²) in [6, 6.07) is 12.3. The maximum absolute atomic E-state index is 12.6. The second-order valence-corrected chi connectivity index (χ2v) is 7.54. The zero-order valence-corrected chi connectivity index (χ0v) is 14.9. The predicted molar refractivity (Wildman–Crippen MR) is 99.0 cm³/mol. The van der Waals surface area contributed by atoms with Crippen molar-refractivity contribution in [1.82, 2.24) is 9.71 Å². The number of benzene rings is 2. The molecule has 136 valence electrons. The number of aromatic amines is 1. The number of methoxy groups -OCH3 is 1. The number of hydrogen-bond acceptors (Lipinski definition) is 5. The smallest absolute Gasteiger partial charge is 0.324 e. The van der Waals surface area contributed by atoms with Gasteiger partial charge < -0.3 is 15.5 Å². The van der Waals surface area contributed by atoms with Crippen molar-refractivity contribution in [1.29, 1.82) is 0 Å². The highest BCUT2D eigenvalue weighted by Gasteiger charge is 2.27. The molecular weight excluding hydrogens is 354 g/mol. The van der Waals surface area contributed by atoms with Crippen molar-refractivity contribution in [3.63, 3.8) is 0 Å². The first-order valence-electron chi connectivity index (χ1n) is 7.91. The highest BCUT2D eigenvalue weighted by molar-refractivity contribution is 7.89. The lowest BCUT2D eigenvalue weighted by molar-refractivity contribution is -0.142. The van der Waals surface area contributed by atoms with Crippen LogP contribution in [0.1, 0.15) is 5.56 Å². The number of para-hydroxylation sites is 1. The van der Waals surface area contributed by atoms with Crippen LogP contribution in [-0.2, 0) is 26.0 Å². The molecule has 1 heterocycles. The number of rotatable bonds is 6. The number of nitrogen functional groups attached to an aromatic ring is 1. The second kappa shape index (κ2) is 7.19. The molecule has 0 saturated carbocycles. The van der Waals surface area contributed by atoms with Gasteiger partial charge in [0.2, 0.25) is 10.0 Å². The van der Waals surface area contributed by atoms with E-state index < -0.39 is 22.0 Å². The summed E-state index contributed by atoms with van der Waals surface area (Å²) < 4.78 is 32.4. The fourth-order valence-corrected chi connectivity index (χ4v) is 3.92. The van der Waals surface area contributed by atoms with Crippen LogP contribution in [0.5, 0.6) is 0 Å². The average Bonchev–Trinajstić information content (AvgIpc) is 3.04. The summed E-state index contributed by atoms with van der Waals surface area (Å²) in [7, 11) is -2.68. The normalized spacial score (nSPS) is 12.8. The average molecular weight is 373 g/mol. The van der Waals surface area contributed by atoms with Gasteiger partial charge in [-0.3, -0.25) is 4.79 Å². The zero-order valence-electron chi connectivity index (χ0n) is 14.1. The number of ether oxygens (including phenoxy) is 1. The monoisotopic (exact) mass is 373 g/mol. The molecule has 0 unspecified atom stereocenters. The minimum atomic E-state index is -3.90. The van der Waals surface area contributed by atoms with E-state index in [0.29, 0.717) is 5.69 Å². The molecule has 1 aromatic heterocycles. The Morgan fingerprint density at radius 3 is 2.58 bits per heavy atom. The van der Waals surface area contributed by atoms with E-state index in [0.717, 1.165) is 16.5 Å². The van der Waals surface area contributed by atoms with Crippen molar-refractivity contribution >= 4 is 32.6 Å². The lowest BCUT2D eigenvalue weighted by Gasteiger charge is -2.16. The van der Waals surface area contributed by atoms with Crippen LogP contribution in [0.15, 0.2) is 59.6 Å². The van der Waals surface area contributed by atoms with Crippen LogP contribution < -0.4 is 10.5 Å². The molecule has 26 heavy (non-hydrogen) atoms. The number of anilines is 1. The quantitative estimate of drug-likeness (QED) is 0.450. The van der Waals surface area contributed by atoms with E-state index in [-0.39, 0.29) is 11.3 Å². The third kappa shape index (κ3) is 3.71. The van der Waals surface area contributed by atoms with Gasteiger partial charge in [0.1, 0.15) is 6.04 Å². The summed E-state index contributed by atoms with van der Waals surface area (Å²) in [5, 5.41) is 0.924. The first-order valence-corrected chi connectivity index (χ1v) is 9.40. The van der Waals surface area contributed by atoms with Gasteiger partial charge >= 0.3 is 5.97 Å². The van der Waals surface area contributed by atoms with Gasteiger partial charge in [0.25, 0.3) is 0 Å². The molecule has 8 heteroatoms. The van der Waals surface area contributed by atoms with Crippen LogP contribution in [0.25, 0.3) is 10.9 Å². The third-order valence-electron chi connectivity index (χ3n) is 4.07.